The molecule has 2 aromatic carbocycles. The maximum atomic E-state index is 11.2. The number of nitrogens with zero attached hydrogens (tertiary/aromatic N) is 1. The number of aromatic nitrogens is 1. The highest BCUT2D eigenvalue weighted by atomic mass is 35.5. The molecule has 0 spiro atoms. The summed E-state index contributed by atoms with van der Waals surface area (Å²) < 4.78 is 6.30. The van der Waals surface area contributed by atoms with Crippen molar-refractivity contribution in [1.82, 2.24) is 4.98 Å². The number of rotatable bonds is 6. The van der Waals surface area contributed by atoms with Crippen LogP contribution in [0.25, 0.3) is 5.76 Å². The van der Waals surface area contributed by atoms with Crippen LogP contribution in [0.2, 0.25) is 5.02 Å². The van der Waals surface area contributed by atoms with Crippen molar-refractivity contribution in [3.8, 4) is 0 Å². The van der Waals surface area contributed by atoms with Crippen LogP contribution in [0, 0.1) is 0 Å². The van der Waals surface area contributed by atoms with Crippen LogP contribution in [0.15, 0.2) is 78.6 Å². The van der Waals surface area contributed by atoms with Gasteiger partial charge in [0.25, 0.3) is 0 Å². The van der Waals surface area contributed by atoms with Crippen LogP contribution in [0.5, 0.6) is 0 Å². The Bertz CT molecular complexity index is 1030. The Kier molecular flexibility index (Phi) is 7.89. The summed E-state index contributed by atoms with van der Waals surface area (Å²) in [6.07, 6.45) is 3.33. The highest BCUT2D eigenvalue weighted by molar-refractivity contribution is 6.30. The maximum absolute atomic E-state index is 11.2. The Hall–Kier alpha value is -2.62. The van der Waals surface area contributed by atoms with E-state index in [1.165, 1.54) is 5.56 Å². The molecule has 0 saturated heterocycles. The van der Waals surface area contributed by atoms with E-state index in [1.807, 2.05) is 56.3 Å². The predicted molar refractivity (Wildman–Crippen MR) is 128 cm³/mol. The molecule has 31 heavy (non-hydrogen) atoms. The Morgan fingerprint density at radius 1 is 1.06 bits per heavy atom. The first-order chi connectivity index (χ1) is 15.1. The Labute approximate surface area is 190 Å². The fourth-order valence-corrected chi connectivity index (χ4v) is 4.00. The van der Waals surface area contributed by atoms with Crippen molar-refractivity contribution >= 4 is 17.4 Å². The van der Waals surface area contributed by atoms with Crippen LogP contribution in [0.1, 0.15) is 74.5 Å². The van der Waals surface area contributed by atoms with Crippen molar-refractivity contribution in [2.24, 2.45) is 0 Å². The van der Waals surface area contributed by atoms with E-state index < -0.39 is 6.10 Å². The van der Waals surface area contributed by atoms with Crippen LogP contribution in [0.3, 0.4) is 0 Å². The zero-order valence-electron chi connectivity index (χ0n) is 18.5. The van der Waals surface area contributed by atoms with Crippen molar-refractivity contribution in [2.45, 2.75) is 52.2 Å². The van der Waals surface area contributed by atoms with Gasteiger partial charge in [-0.1, -0.05) is 81.8 Å². The molecule has 0 radical (unpaired) electrons. The molecule has 0 aliphatic carbocycles. The van der Waals surface area contributed by atoms with E-state index in [-0.39, 0.29) is 6.10 Å². The summed E-state index contributed by atoms with van der Waals surface area (Å²) in [4.78, 5) is 4.17. The van der Waals surface area contributed by atoms with Crippen LogP contribution in [-0.2, 0) is 4.74 Å². The van der Waals surface area contributed by atoms with Gasteiger partial charge in [0.05, 0.1) is 5.57 Å². The minimum absolute atomic E-state index is 0.301. The number of hydrogen-bond acceptors (Lipinski definition) is 3. The maximum Gasteiger partial charge on any atom is 0.152 e. The lowest BCUT2D eigenvalue weighted by molar-refractivity contribution is 0.0931. The first-order valence-corrected chi connectivity index (χ1v) is 11.3. The minimum Gasteiger partial charge on any atom is -0.480 e. The molecule has 3 atom stereocenters. The molecule has 1 aliphatic rings. The molecule has 162 valence electrons. The van der Waals surface area contributed by atoms with Gasteiger partial charge in [0.15, 0.2) is 6.10 Å². The summed E-state index contributed by atoms with van der Waals surface area (Å²) in [7, 11) is 0. The number of benzene rings is 2. The van der Waals surface area contributed by atoms with Gasteiger partial charge in [-0.15, -0.1) is 0 Å². The van der Waals surface area contributed by atoms with Crippen molar-refractivity contribution in [2.75, 3.05) is 0 Å². The van der Waals surface area contributed by atoms with E-state index >= 15 is 0 Å². The van der Waals surface area contributed by atoms with Crippen molar-refractivity contribution in [1.29, 1.82) is 0 Å². The second-order valence-corrected chi connectivity index (χ2v) is 7.86. The molecule has 1 N–H and O–H groups in total. The lowest BCUT2D eigenvalue weighted by Crippen LogP contribution is -2.25. The summed E-state index contributed by atoms with van der Waals surface area (Å²) in [6, 6.07) is 19.6. The van der Waals surface area contributed by atoms with Crippen LogP contribution >= 0.6 is 11.6 Å². The third-order valence-corrected chi connectivity index (χ3v) is 5.82. The molecule has 0 bridgehead atoms. The molecular formula is C27H30ClNO2. The molecule has 3 unspecified atom stereocenters. The molecule has 0 amide bonds. The molecule has 4 rings (SSSR count). The number of aliphatic hydroxyl groups excluding tert-OH is 1. The number of halogens is 1. The van der Waals surface area contributed by atoms with Gasteiger partial charge in [0.1, 0.15) is 11.9 Å². The molecule has 0 fully saturated rings. The number of ether oxygens (including phenoxy) is 1. The first-order valence-electron chi connectivity index (χ1n) is 10.9. The topological polar surface area (TPSA) is 42.4 Å². The van der Waals surface area contributed by atoms with Gasteiger partial charge >= 0.3 is 0 Å². The van der Waals surface area contributed by atoms with Gasteiger partial charge in [-0.2, -0.15) is 0 Å². The summed E-state index contributed by atoms with van der Waals surface area (Å²) in [6.45, 7) is 8.40. The Morgan fingerprint density at radius 3 is 2.52 bits per heavy atom. The molecule has 1 aromatic heterocycles. The largest absolute Gasteiger partial charge is 0.480 e. The Balaban J connectivity index is 0.00000132. The average molecular weight is 436 g/mol. The lowest BCUT2D eigenvalue weighted by Gasteiger charge is -2.38. The van der Waals surface area contributed by atoms with Gasteiger partial charge in [-0.25, -0.2) is 0 Å². The van der Waals surface area contributed by atoms with Gasteiger partial charge in [0.2, 0.25) is 0 Å². The van der Waals surface area contributed by atoms with Crippen molar-refractivity contribution < 1.29 is 9.84 Å². The average Bonchev–Trinajstić information content (AvgIpc) is 2.80. The summed E-state index contributed by atoms with van der Waals surface area (Å²) in [5, 5.41) is 11.9. The number of aliphatic hydroxyl groups is 1. The quantitative estimate of drug-likeness (QED) is 0.436. The number of pyridine rings is 1. The molecule has 2 heterocycles. The highest BCUT2D eigenvalue weighted by Crippen LogP contribution is 2.51. The van der Waals surface area contributed by atoms with Crippen molar-refractivity contribution in [3.63, 3.8) is 0 Å². The summed E-state index contributed by atoms with van der Waals surface area (Å²) in [5.74, 6) is 1.09. The second kappa shape index (κ2) is 10.6. The summed E-state index contributed by atoms with van der Waals surface area (Å²) in [5.41, 5.74) is 4.81. The van der Waals surface area contributed by atoms with E-state index in [1.54, 1.807) is 12.4 Å². The smallest absolute Gasteiger partial charge is 0.152 e. The fraction of sp³-hybridized carbons (Fsp3) is 0.296. The molecule has 3 aromatic rings. The fourth-order valence-electron chi connectivity index (χ4n) is 3.81. The van der Waals surface area contributed by atoms with Crippen molar-refractivity contribution in [3.05, 3.63) is 106 Å². The van der Waals surface area contributed by atoms with E-state index in [9.17, 15) is 5.11 Å². The van der Waals surface area contributed by atoms with Gasteiger partial charge in [-0.3, -0.25) is 4.98 Å². The molecular weight excluding hydrogens is 406 g/mol. The van der Waals surface area contributed by atoms with E-state index in [2.05, 4.69) is 37.0 Å². The molecule has 4 heteroatoms. The van der Waals surface area contributed by atoms with Crippen LogP contribution in [-0.4, -0.2) is 10.1 Å². The zero-order chi connectivity index (χ0) is 22.4. The normalized spacial score (nSPS) is 17.0. The third kappa shape index (κ3) is 4.84. The predicted octanol–water partition coefficient (Wildman–Crippen LogP) is 7.49. The highest BCUT2D eigenvalue weighted by Gasteiger charge is 2.40. The molecule has 1 aliphatic heterocycles. The standard InChI is InChI=1S/C25H24ClNO2.C2H6/c1-3-16(2)20-11-4-5-12-21(20)25-22(23(28)18-9-7-13-27-15-18)24(29-25)17-8-6-10-19(26)14-17;1-2/h4-16,23,25,28H,3H2,1-2H3;1-2H3. The summed E-state index contributed by atoms with van der Waals surface area (Å²) >= 11 is 6.20. The monoisotopic (exact) mass is 435 g/mol. The number of hydrogen-bond donors (Lipinski definition) is 1. The second-order valence-electron chi connectivity index (χ2n) is 7.42. The van der Waals surface area contributed by atoms with E-state index in [0.717, 1.165) is 28.7 Å². The zero-order valence-corrected chi connectivity index (χ0v) is 19.3. The molecule has 0 saturated carbocycles. The minimum atomic E-state index is -0.804. The SMILES string of the molecule is CC.CCC(C)c1ccccc1C1OC(c2cccc(Cl)c2)=C1C(O)c1cccnc1. The van der Waals surface area contributed by atoms with Crippen LogP contribution < -0.4 is 0 Å². The third-order valence-electron chi connectivity index (χ3n) is 5.58. The lowest BCUT2D eigenvalue weighted by atomic mass is 9.82. The first kappa shape index (κ1) is 23.1. The van der Waals surface area contributed by atoms with Gasteiger partial charge in [-0.05, 0) is 36.1 Å². The molecule has 3 nitrogen and oxygen atoms in total. The van der Waals surface area contributed by atoms with E-state index in [4.69, 9.17) is 16.3 Å². The van der Waals surface area contributed by atoms with Gasteiger partial charge in [0, 0.05) is 34.1 Å². The van der Waals surface area contributed by atoms with Crippen LogP contribution in [0.4, 0.5) is 0 Å². The Morgan fingerprint density at radius 2 is 1.84 bits per heavy atom. The van der Waals surface area contributed by atoms with Gasteiger partial charge < -0.3 is 9.84 Å². The van der Waals surface area contributed by atoms with E-state index in [0.29, 0.717) is 16.7 Å².